The molecule has 2 aliphatic rings. The summed E-state index contributed by atoms with van der Waals surface area (Å²) in [5.74, 6) is -1.07. The van der Waals surface area contributed by atoms with Crippen LogP contribution in [0.3, 0.4) is 0 Å². The molecule has 0 bridgehead atoms. The molecule has 1 N–H and O–H groups in total. The van der Waals surface area contributed by atoms with Gasteiger partial charge < -0.3 is 4.74 Å². The van der Waals surface area contributed by atoms with Gasteiger partial charge in [-0.1, -0.05) is 30.3 Å². The van der Waals surface area contributed by atoms with Crippen LogP contribution in [0.15, 0.2) is 53.4 Å². The van der Waals surface area contributed by atoms with Crippen molar-refractivity contribution in [2.24, 2.45) is 0 Å². The Morgan fingerprint density at radius 2 is 1.65 bits per heavy atom. The van der Waals surface area contributed by atoms with Crippen LogP contribution in [0.2, 0.25) is 0 Å². The number of morpholine rings is 1. The van der Waals surface area contributed by atoms with Crippen LogP contribution in [0.4, 0.5) is 5.69 Å². The molecule has 0 saturated carbocycles. The highest BCUT2D eigenvalue weighted by Gasteiger charge is 2.43. The van der Waals surface area contributed by atoms with E-state index in [4.69, 9.17) is 9.72 Å². The lowest BCUT2D eigenvalue weighted by Crippen LogP contribution is -2.40. The van der Waals surface area contributed by atoms with Crippen LogP contribution in [0.1, 0.15) is 32.1 Å². The minimum atomic E-state index is -3.83. The van der Waals surface area contributed by atoms with Gasteiger partial charge in [-0.15, -0.1) is 0 Å². The fourth-order valence-corrected chi connectivity index (χ4v) is 6.40. The molecule has 2 amide bonds. The van der Waals surface area contributed by atoms with Crippen molar-refractivity contribution >= 4 is 38.4 Å². The first-order valence-electron chi connectivity index (χ1n) is 11.8. The number of H-pyrrole nitrogens is 1. The molecule has 1 fully saturated rings. The number of hydrogen-bond acceptors (Lipinski definition) is 7. The van der Waals surface area contributed by atoms with Gasteiger partial charge in [-0.2, -0.15) is 9.40 Å². The fraction of sp³-hybridized carbons (Fsp3) is 0.231. The van der Waals surface area contributed by atoms with E-state index in [1.807, 2.05) is 30.3 Å². The summed E-state index contributed by atoms with van der Waals surface area (Å²) in [6.45, 7) is 4.57. The third-order valence-corrected chi connectivity index (χ3v) is 8.65. The molecule has 0 unspecified atom stereocenters. The van der Waals surface area contributed by atoms with Gasteiger partial charge >= 0.3 is 0 Å². The van der Waals surface area contributed by atoms with E-state index in [1.165, 1.54) is 16.4 Å². The van der Waals surface area contributed by atoms with Crippen LogP contribution in [0.25, 0.3) is 22.2 Å². The molecule has 0 radical (unpaired) electrons. The second kappa shape index (κ2) is 8.58. The number of pyridine rings is 1. The second-order valence-electron chi connectivity index (χ2n) is 9.00. The highest BCUT2D eigenvalue weighted by molar-refractivity contribution is 7.89. The number of carbonyl (C=O) groups excluding carboxylic acids is 2. The Bertz CT molecular complexity index is 1670. The van der Waals surface area contributed by atoms with Crippen molar-refractivity contribution in [2.45, 2.75) is 18.7 Å². The van der Waals surface area contributed by atoms with Gasteiger partial charge in [0.1, 0.15) is 0 Å². The van der Waals surface area contributed by atoms with Crippen molar-refractivity contribution in [2.75, 3.05) is 31.2 Å². The Labute approximate surface area is 212 Å². The van der Waals surface area contributed by atoms with Crippen LogP contribution >= 0.6 is 0 Å². The Balaban J connectivity index is 1.61. The quantitative estimate of drug-likeness (QED) is 0.413. The third-order valence-electron chi connectivity index (χ3n) is 6.76. The number of aromatic amines is 1. The molecule has 2 aliphatic heterocycles. The molecule has 10 nitrogen and oxygen atoms in total. The highest BCUT2D eigenvalue weighted by Crippen LogP contribution is 2.40. The Kier molecular flexibility index (Phi) is 5.44. The van der Waals surface area contributed by atoms with Crippen LogP contribution in [0, 0.1) is 13.8 Å². The minimum Gasteiger partial charge on any atom is -0.379 e. The van der Waals surface area contributed by atoms with E-state index in [9.17, 15) is 18.0 Å². The lowest BCUT2D eigenvalue weighted by Gasteiger charge is -2.26. The molecule has 1 saturated heterocycles. The maximum absolute atomic E-state index is 13.9. The van der Waals surface area contributed by atoms with Gasteiger partial charge in [-0.3, -0.25) is 14.7 Å². The molecule has 0 atom stereocenters. The van der Waals surface area contributed by atoms with E-state index in [2.05, 4.69) is 10.2 Å². The number of benzene rings is 2. The van der Waals surface area contributed by atoms with Crippen molar-refractivity contribution in [1.82, 2.24) is 19.5 Å². The van der Waals surface area contributed by atoms with Crippen molar-refractivity contribution in [3.63, 3.8) is 0 Å². The summed E-state index contributed by atoms with van der Waals surface area (Å²) < 4.78 is 33.4. The molecular weight excluding hydrogens is 494 g/mol. The SMILES string of the molecule is Cc1n[nH]c(C)c1N1C(=O)c2c(-c3ccccc3)nc3ccc(S(=O)(=O)N4CCOCC4)cc3c2C1=O. The lowest BCUT2D eigenvalue weighted by atomic mass is 9.98. The summed E-state index contributed by atoms with van der Waals surface area (Å²) >= 11 is 0. The number of aromatic nitrogens is 3. The van der Waals surface area contributed by atoms with Crippen molar-refractivity contribution in [3.8, 4) is 11.3 Å². The zero-order valence-electron chi connectivity index (χ0n) is 20.2. The summed E-state index contributed by atoms with van der Waals surface area (Å²) in [6.07, 6.45) is 0. The molecule has 188 valence electrons. The van der Waals surface area contributed by atoms with Crippen molar-refractivity contribution < 1.29 is 22.7 Å². The molecule has 4 aromatic rings. The van der Waals surface area contributed by atoms with Gasteiger partial charge in [0, 0.05) is 24.0 Å². The number of amides is 2. The first-order chi connectivity index (χ1) is 17.8. The molecule has 2 aromatic carbocycles. The van der Waals surface area contributed by atoms with Crippen LogP contribution < -0.4 is 4.90 Å². The van der Waals surface area contributed by atoms with Gasteiger partial charge in [0.05, 0.1) is 57.5 Å². The molecule has 0 spiro atoms. The second-order valence-corrected chi connectivity index (χ2v) is 10.9. The average molecular weight is 518 g/mol. The first kappa shape index (κ1) is 23.5. The molecule has 2 aromatic heterocycles. The molecular formula is C26H23N5O5S. The van der Waals surface area contributed by atoms with E-state index < -0.39 is 21.8 Å². The number of nitrogens with zero attached hydrogens (tertiary/aromatic N) is 4. The summed E-state index contributed by atoms with van der Waals surface area (Å²) in [4.78, 5) is 33.7. The van der Waals surface area contributed by atoms with E-state index in [1.54, 1.807) is 19.9 Å². The smallest absolute Gasteiger partial charge is 0.268 e. The van der Waals surface area contributed by atoms with E-state index >= 15 is 0 Å². The van der Waals surface area contributed by atoms with E-state index in [0.717, 1.165) is 4.90 Å². The predicted molar refractivity (Wildman–Crippen MR) is 136 cm³/mol. The molecule has 37 heavy (non-hydrogen) atoms. The largest absolute Gasteiger partial charge is 0.379 e. The maximum Gasteiger partial charge on any atom is 0.268 e. The molecule has 11 heteroatoms. The summed E-state index contributed by atoms with van der Waals surface area (Å²) in [6, 6.07) is 13.7. The van der Waals surface area contributed by atoms with Crippen LogP contribution in [-0.4, -0.2) is 66.0 Å². The first-order valence-corrected chi connectivity index (χ1v) is 13.2. The van der Waals surface area contributed by atoms with E-state index in [-0.39, 0.29) is 29.1 Å². The third kappa shape index (κ3) is 3.57. The summed E-state index contributed by atoms with van der Waals surface area (Å²) in [7, 11) is -3.83. The summed E-state index contributed by atoms with van der Waals surface area (Å²) in [5, 5.41) is 7.28. The average Bonchev–Trinajstić information content (AvgIpc) is 3.38. The predicted octanol–water partition coefficient (Wildman–Crippen LogP) is 3.06. The van der Waals surface area contributed by atoms with Gasteiger partial charge in [-0.25, -0.2) is 18.3 Å². The number of hydrogen-bond donors (Lipinski definition) is 1. The monoisotopic (exact) mass is 517 g/mol. The Morgan fingerprint density at radius 1 is 0.946 bits per heavy atom. The standard InChI is InChI=1S/C26H23N5O5S/c1-15-24(16(2)29-28-15)31-25(32)21-19-14-18(37(34,35)30-10-12-36-13-11-30)8-9-20(19)27-23(22(21)26(31)33)17-6-4-3-5-7-17/h3-9,14H,10-13H2,1-2H3,(H,28,29). The number of carbonyl (C=O) groups is 2. The van der Waals surface area contributed by atoms with E-state index in [0.29, 0.717) is 52.4 Å². The molecule has 0 aliphatic carbocycles. The maximum atomic E-state index is 13.9. The number of ether oxygens (including phenoxy) is 1. The number of fused-ring (bicyclic) bond motifs is 3. The number of imide groups is 1. The number of aryl methyl sites for hydroxylation is 2. The highest BCUT2D eigenvalue weighted by atomic mass is 32.2. The van der Waals surface area contributed by atoms with Gasteiger partial charge in [-0.05, 0) is 32.0 Å². The van der Waals surface area contributed by atoms with Crippen molar-refractivity contribution in [3.05, 3.63) is 71.0 Å². The lowest BCUT2D eigenvalue weighted by molar-refractivity contribution is 0.0730. The van der Waals surface area contributed by atoms with Gasteiger partial charge in [0.2, 0.25) is 10.0 Å². The number of nitrogens with one attached hydrogen (secondary N) is 1. The Hall–Kier alpha value is -3.93. The Morgan fingerprint density at radius 3 is 2.32 bits per heavy atom. The molecule has 4 heterocycles. The zero-order chi connectivity index (χ0) is 25.9. The number of rotatable bonds is 4. The van der Waals surface area contributed by atoms with Crippen LogP contribution in [0.5, 0.6) is 0 Å². The minimum absolute atomic E-state index is 0.0349. The fourth-order valence-electron chi connectivity index (χ4n) is 4.97. The summed E-state index contributed by atoms with van der Waals surface area (Å²) in [5.41, 5.74) is 3.19. The van der Waals surface area contributed by atoms with Gasteiger partial charge in [0.15, 0.2) is 0 Å². The zero-order valence-corrected chi connectivity index (χ0v) is 21.0. The topological polar surface area (TPSA) is 126 Å². The number of sulfonamides is 1. The normalized spacial score (nSPS) is 16.5. The molecule has 6 rings (SSSR count). The number of anilines is 1. The van der Waals surface area contributed by atoms with Gasteiger partial charge in [0.25, 0.3) is 11.8 Å². The van der Waals surface area contributed by atoms with Crippen molar-refractivity contribution in [1.29, 1.82) is 0 Å². The van der Waals surface area contributed by atoms with Crippen LogP contribution in [-0.2, 0) is 14.8 Å².